The molecule has 1 aromatic rings. The van der Waals surface area contributed by atoms with Gasteiger partial charge in [0, 0.05) is 19.3 Å². The maximum atomic E-state index is 12.1. The van der Waals surface area contributed by atoms with Gasteiger partial charge >= 0.3 is 0 Å². The van der Waals surface area contributed by atoms with Gasteiger partial charge in [-0.2, -0.15) is 5.10 Å². The van der Waals surface area contributed by atoms with E-state index in [-0.39, 0.29) is 11.9 Å². The summed E-state index contributed by atoms with van der Waals surface area (Å²) in [7, 11) is 0. The average molecular weight is 222 g/mol. The fourth-order valence-electron chi connectivity index (χ4n) is 2.01. The monoisotopic (exact) mass is 222 g/mol. The predicted octanol–water partition coefficient (Wildman–Crippen LogP) is 0.957. The Kier molecular flexibility index (Phi) is 2.85. The molecule has 1 amide bonds. The Morgan fingerprint density at radius 1 is 1.50 bits per heavy atom. The third-order valence-electron chi connectivity index (χ3n) is 3.13. The van der Waals surface area contributed by atoms with Crippen molar-refractivity contribution in [3.63, 3.8) is 0 Å². The molecule has 5 heteroatoms. The van der Waals surface area contributed by atoms with E-state index in [0.29, 0.717) is 5.69 Å². The molecule has 1 aromatic heterocycles. The van der Waals surface area contributed by atoms with Gasteiger partial charge in [-0.25, -0.2) is 0 Å². The Labute approximate surface area is 95.2 Å². The van der Waals surface area contributed by atoms with Crippen molar-refractivity contribution >= 4 is 11.6 Å². The molecule has 0 unspecified atom stereocenters. The van der Waals surface area contributed by atoms with Crippen LogP contribution in [0.1, 0.15) is 31.5 Å². The number of aryl methyl sites for hydroxylation is 1. The Morgan fingerprint density at radius 3 is 2.62 bits per heavy atom. The highest BCUT2D eigenvalue weighted by Crippen LogP contribution is 2.17. The number of nitrogens with two attached hydrogens (primary N) is 1. The summed E-state index contributed by atoms with van der Waals surface area (Å²) in [5.41, 5.74) is 7.14. The standard InChI is InChI=1S/C11H18N4O/c1-8-10(12)7-15(13-8)9(2)11(16)14-5-3-4-6-14/h7,9H,3-6,12H2,1-2H3/t9-/m1/s1. The van der Waals surface area contributed by atoms with Gasteiger partial charge < -0.3 is 10.6 Å². The van der Waals surface area contributed by atoms with E-state index < -0.39 is 0 Å². The van der Waals surface area contributed by atoms with Gasteiger partial charge in [0.2, 0.25) is 5.91 Å². The van der Waals surface area contributed by atoms with Crippen LogP contribution in [0.3, 0.4) is 0 Å². The molecule has 0 bridgehead atoms. The Bertz CT molecular complexity index is 373. The van der Waals surface area contributed by atoms with E-state index >= 15 is 0 Å². The fourth-order valence-corrected chi connectivity index (χ4v) is 2.01. The van der Waals surface area contributed by atoms with Gasteiger partial charge in [-0.15, -0.1) is 0 Å². The van der Waals surface area contributed by atoms with E-state index in [1.807, 2.05) is 18.7 Å². The number of amides is 1. The first kappa shape index (κ1) is 11.0. The van der Waals surface area contributed by atoms with Gasteiger partial charge in [-0.05, 0) is 26.7 Å². The minimum absolute atomic E-state index is 0.139. The fraction of sp³-hybridized carbons (Fsp3) is 0.636. The van der Waals surface area contributed by atoms with Gasteiger partial charge in [0.1, 0.15) is 6.04 Å². The number of nitrogen functional groups attached to an aromatic ring is 1. The van der Waals surface area contributed by atoms with Crippen molar-refractivity contribution in [2.24, 2.45) is 0 Å². The summed E-state index contributed by atoms with van der Waals surface area (Å²) < 4.78 is 1.66. The minimum Gasteiger partial charge on any atom is -0.396 e. The SMILES string of the molecule is Cc1nn([C@H](C)C(=O)N2CCCC2)cc1N. The summed E-state index contributed by atoms with van der Waals surface area (Å²) in [6, 6.07) is -0.255. The molecule has 0 aromatic carbocycles. The lowest BCUT2D eigenvalue weighted by molar-refractivity contribution is -0.133. The van der Waals surface area contributed by atoms with Crippen LogP contribution in [0.25, 0.3) is 0 Å². The predicted molar refractivity (Wildman–Crippen MR) is 61.9 cm³/mol. The summed E-state index contributed by atoms with van der Waals surface area (Å²) in [6.45, 7) is 5.46. The number of hydrogen-bond donors (Lipinski definition) is 1. The second-order valence-corrected chi connectivity index (χ2v) is 4.36. The molecule has 1 aliphatic heterocycles. The lowest BCUT2D eigenvalue weighted by Gasteiger charge is -2.20. The van der Waals surface area contributed by atoms with Crippen molar-refractivity contribution in [3.05, 3.63) is 11.9 Å². The number of aromatic nitrogens is 2. The molecule has 1 fully saturated rings. The molecular weight excluding hydrogens is 204 g/mol. The van der Waals surface area contributed by atoms with Crippen LogP contribution in [0.4, 0.5) is 5.69 Å². The van der Waals surface area contributed by atoms with Crippen LogP contribution in [0.5, 0.6) is 0 Å². The molecule has 0 saturated carbocycles. The van der Waals surface area contributed by atoms with Crippen LogP contribution >= 0.6 is 0 Å². The number of anilines is 1. The summed E-state index contributed by atoms with van der Waals surface area (Å²) >= 11 is 0. The maximum absolute atomic E-state index is 12.1. The summed E-state index contributed by atoms with van der Waals surface area (Å²) in [5, 5.41) is 4.25. The summed E-state index contributed by atoms with van der Waals surface area (Å²) in [6.07, 6.45) is 3.95. The quantitative estimate of drug-likeness (QED) is 0.810. The maximum Gasteiger partial charge on any atom is 0.247 e. The number of carbonyl (C=O) groups is 1. The van der Waals surface area contributed by atoms with Crippen LogP contribution < -0.4 is 5.73 Å². The van der Waals surface area contributed by atoms with Crippen molar-refractivity contribution in [1.29, 1.82) is 0 Å². The number of rotatable bonds is 2. The van der Waals surface area contributed by atoms with E-state index in [4.69, 9.17) is 5.73 Å². The molecule has 5 nitrogen and oxygen atoms in total. The van der Waals surface area contributed by atoms with E-state index in [1.54, 1.807) is 10.9 Å². The number of likely N-dealkylation sites (tertiary alicyclic amines) is 1. The summed E-state index contributed by atoms with van der Waals surface area (Å²) in [5.74, 6) is 0.139. The lowest BCUT2D eigenvalue weighted by Crippen LogP contribution is -2.34. The molecule has 88 valence electrons. The zero-order valence-corrected chi connectivity index (χ0v) is 9.81. The second-order valence-electron chi connectivity index (χ2n) is 4.36. The first-order valence-corrected chi connectivity index (χ1v) is 5.69. The smallest absolute Gasteiger partial charge is 0.247 e. The van der Waals surface area contributed by atoms with Crippen LogP contribution in [0, 0.1) is 6.92 Å². The van der Waals surface area contributed by atoms with Gasteiger partial charge in [0.05, 0.1) is 11.4 Å². The second kappa shape index (κ2) is 4.15. The van der Waals surface area contributed by atoms with Gasteiger partial charge in [0.25, 0.3) is 0 Å². The van der Waals surface area contributed by atoms with Crippen LogP contribution in [0.15, 0.2) is 6.20 Å². The normalized spacial score (nSPS) is 17.8. The molecule has 2 heterocycles. The average Bonchev–Trinajstić information content (AvgIpc) is 2.87. The van der Waals surface area contributed by atoms with Crippen molar-refractivity contribution < 1.29 is 4.79 Å². The first-order valence-electron chi connectivity index (χ1n) is 5.69. The highest BCUT2D eigenvalue weighted by Gasteiger charge is 2.25. The topological polar surface area (TPSA) is 64.2 Å². The number of nitrogens with zero attached hydrogens (tertiary/aromatic N) is 3. The molecule has 1 saturated heterocycles. The minimum atomic E-state index is -0.255. The van der Waals surface area contributed by atoms with Crippen LogP contribution in [0.2, 0.25) is 0 Å². The zero-order valence-electron chi connectivity index (χ0n) is 9.81. The molecule has 0 radical (unpaired) electrons. The zero-order chi connectivity index (χ0) is 11.7. The highest BCUT2D eigenvalue weighted by molar-refractivity contribution is 5.80. The van der Waals surface area contributed by atoms with Crippen LogP contribution in [-0.4, -0.2) is 33.7 Å². The third kappa shape index (κ3) is 1.89. The molecule has 0 spiro atoms. The highest BCUT2D eigenvalue weighted by atomic mass is 16.2. The molecule has 0 aliphatic carbocycles. The van der Waals surface area contributed by atoms with E-state index in [0.717, 1.165) is 31.6 Å². The molecule has 16 heavy (non-hydrogen) atoms. The molecular formula is C11H18N4O. The Hall–Kier alpha value is -1.52. The molecule has 1 aliphatic rings. The van der Waals surface area contributed by atoms with Gasteiger partial charge in [-0.1, -0.05) is 0 Å². The van der Waals surface area contributed by atoms with E-state index in [2.05, 4.69) is 5.10 Å². The number of carbonyl (C=O) groups excluding carboxylic acids is 1. The molecule has 2 N–H and O–H groups in total. The van der Waals surface area contributed by atoms with Gasteiger partial charge in [0.15, 0.2) is 0 Å². The van der Waals surface area contributed by atoms with Crippen molar-refractivity contribution in [2.75, 3.05) is 18.8 Å². The lowest BCUT2D eigenvalue weighted by atomic mass is 10.3. The summed E-state index contributed by atoms with van der Waals surface area (Å²) in [4.78, 5) is 14.0. The molecule has 1 atom stereocenters. The van der Waals surface area contributed by atoms with Gasteiger partial charge in [-0.3, -0.25) is 9.48 Å². The van der Waals surface area contributed by atoms with Crippen molar-refractivity contribution in [1.82, 2.24) is 14.7 Å². The van der Waals surface area contributed by atoms with E-state index in [9.17, 15) is 4.79 Å². The first-order chi connectivity index (χ1) is 7.59. The molecule has 2 rings (SSSR count). The van der Waals surface area contributed by atoms with Crippen molar-refractivity contribution in [3.8, 4) is 0 Å². The Morgan fingerprint density at radius 2 is 2.12 bits per heavy atom. The third-order valence-corrected chi connectivity index (χ3v) is 3.13. The number of hydrogen-bond acceptors (Lipinski definition) is 3. The Balaban J connectivity index is 2.11. The van der Waals surface area contributed by atoms with Crippen LogP contribution in [-0.2, 0) is 4.79 Å². The van der Waals surface area contributed by atoms with Crippen molar-refractivity contribution in [2.45, 2.75) is 32.7 Å². The largest absolute Gasteiger partial charge is 0.396 e. The van der Waals surface area contributed by atoms with E-state index in [1.165, 1.54) is 0 Å².